The molecule has 6 nitrogen and oxygen atoms in total. The normalized spacial score (nSPS) is 21.1. The van der Waals surface area contributed by atoms with Crippen molar-refractivity contribution in [3.8, 4) is 0 Å². The Hall–Kier alpha value is -1.30. The van der Waals surface area contributed by atoms with E-state index in [0.717, 1.165) is 32.7 Å². The Morgan fingerprint density at radius 3 is 2.25 bits per heavy atom. The zero-order valence-electron chi connectivity index (χ0n) is 12.7. The van der Waals surface area contributed by atoms with Gasteiger partial charge in [0.2, 0.25) is 0 Å². The van der Waals surface area contributed by atoms with E-state index in [1.165, 1.54) is 7.11 Å². The number of rotatable bonds is 3. The van der Waals surface area contributed by atoms with Gasteiger partial charge in [0.15, 0.2) is 0 Å². The lowest BCUT2D eigenvalue weighted by Crippen LogP contribution is -2.59. The van der Waals surface area contributed by atoms with Crippen LogP contribution in [0.15, 0.2) is 0 Å². The molecule has 114 valence electrons. The van der Waals surface area contributed by atoms with Crippen LogP contribution < -0.4 is 0 Å². The molecule has 0 aromatic rings. The number of carbonyl (C=O) groups is 2. The number of hydrogen-bond acceptors (Lipinski definition) is 5. The van der Waals surface area contributed by atoms with E-state index in [-0.39, 0.29) is 18.0 Å². The maximum atomic E-state index is 11.8. The molecule has 0 spiro atoms. The summed E-state index contributed by atoms with van der Waals surface area (Å²) in [6.07, 6.45) is -0.232. The Labute approximate surface area is 120 Å². The van der Waals surface area contributed by atoms with Gasteiger partial charge in [0, 0.05) is 38.6 Å². The van der Waals surface area contributed by atoms with Gasteiger partial charge in [-0.3, -0.25) is 4.79 Å². The largest absolute Gasteiger partial charge is 0.469 e. The van der Waals surface area contributed by atoms with Gasteiger partial charge in [-0.2, -0.15) is 0 Å². The van der Waals surface area contributed by atoms with Gasteiger partial charge < -0.3 is 19.3 Å². The summed E-state index contributed by atoms with van der Waals surface area (Å²) in [6.45, 7) is 9.58. The molecule has 0 unspecified atom stereocenters. The highest BCUT2D eigenvalue weighted by Crippen LogP contribution is 2.24. The summed E-state index contributed by atoms with van der Waals surface area (Å²) < 4.78 is 10.0. The molecule has 6 heteroatoms. The van der Waals surface area contributed by atoms with Gasteiger partial charge in [0.1, 0.15) is 5.60 Å². The quantitative estimate of drug-likeness (QED) is 0.722. The third-order valence-corrected chi connectivity index (χ3v) is 3.62. The molecule has 20 heavy (non-hydrogen) atoms. The molecular formula is C14H24N2O4. The van der Waals surface area contributed by atoms with E-state index in [4.69, 9.17) is 9.47 Å². The van der Waals surface area contributed by atoms with Crippen LogP contribution in [-0.4, -0.2) is 67.3 Å². The molecule has 2 aliphatic rings. The summed E-state index contributed by atoms with van der Waals surface area (Å²) in [5.74, 6) is 0.397. The average Bonchev–Trinajstić information content (AvgIpc) is 2.21. The van der Waals surface area contributed by atoms with Crippen LogP contribution in [0.25, 0.3) is 0 Å². The molecule has 0 atom stereocenters. The van der Waals surface area contributed by atoms with E-state index >= 15 is 0 Å². The first kappa shape index (κ1) is 15.1. The van der Waals surface area contributed by atoms with Gasteiger partial charge in [0.25, 0.3) is 0 Å². The predicted octanol–water partition coefficient (Wildman–Crippen LogP) is 0.958. The topological polar surface area (TPSA) is 59.1 Å². The van der Waals surface area contributed by atoms with Crippen molar-refractivity contribution in [1.82, 2.24) is 9.80 Å². The molecule has 0 aromatic heterocycles. The van der Waals surface area contributed by atoms with Gasteiger partial charge in [-0.1, -0.05) is 0 Å². The zero-order valence-corrected chi connectivity index (χ0v) is 12.7. The van der Waals surface area contributed by atoms with Crippen molar-refractivity contribution in [3.63, 3.8) is 0 Å². The van der Waals surface area contributed by atoms with Crippen molar-refractivity contribution in [2.45, 2.75) is 26.4 Å². The summed E-state index contributed by atoms with van der Waals surface area (Å²) in [7, 11) is 1.43. The fourth-order valence-electron chi connectivity index (χ4n) is 2.56. The second-order valence-electron chi connectivity index (χ2n) is 6.69. The molecule has 2 heterocycles. The number of methoxy groups -OCH3 is 1. The van der Waals surface area contributed by atoms with Gasteiger partial charge in [-0.25, -0.2) is 4.79 Å². The molecule has 0 N–H and O–H groups in total. The van der Waals surface area contributed by atoms with Crippen LogP contribution >= 0.6 is 0 Å². The second kappa shape index (κ2) is 5.60. The van der Waals surface area contributed by atoms with Crippen molar-refractivity contribution in [3.05, 3.63) is 0 Å². The van der Waals surface area contributed by atoms with Crippen molar-refractivity contribution in [2.75, 3.05) is 39.8 Å². The molecule has 0 radical (unpaired) electrons. The Balaban J connectivity index is 1.61. The Kier molecular flexibility index (Phi) is 4.22. The summed E-state index contributed by atoms with van der Waals surface area (Å²) in [5.41, 5.74) is -0.437. The fourth-order valence-corrected chi connectivity index (χ4v) is 2.56. The fraction of sp³-hybridized carbons (Fsp3) is 0.857. The van der Waals surface area contributed by atoms with E-state index in [2.05, 4.69) is 4.90 Å². The van der Waals surface area contributed by atoms with Gasteiger partial charge in [-0.15, -0.1) is 0 Å². The summed E-state index contributed by atoms with van der Waals surface area (Å²) in [6, 6.07) is 0. The number of nitrogens with zero attached hydrogens (tertiary/aromatic N) is 2. The minimum absolute atomic E-state index is 0.0297. The van der Waals surface area contributed by atoms with Crippen LogP contribution in [0.1, 0.15) is 20.8 Å². The van der Waals surface area contributed by atoms with Crippen LogP contribution in [0.3, 0.4) is 0 Å². The SMILES string of the molecule is COC(=O)C1CN(CC2CN(C(=O)OC(C)(C)C)C2)C1. The lowest BCUT2D eigenvalue weighted by Gasteiger charge is -2.45. The molecule has 1 amide bonds. The molecular weight excluding hydrogens is 260 g/mol. The monoisotopic (exact) mass is 284 g/mol. The minimum atomic E-state index is -0.437. The standard InChI is InChI=1S/C14H24N2O4/c1-14(2,3)20-13(18)16-6-10(7-16)5-15-8-11(9-15)12(17)19-4/h10-11H,5-9H2,1-4H3. The average molecular weight is 284 g/mol. The third-order valence-electron chi connectivity index (χ3n) is 3.62. The zero-order chi connectivity index (χ0) is 14.9. The Bertz CT molecular complexity index is 379. The number of esters is 1. The highest BCUT2D eigenvalue weighted by molar-refractivity contribution is 5.73. The molecule has 2 aliphatic heterocycles. The highest BCUT2D eigenvalue weighted by atomic mass is 16.6. The second-order valence-corrected chi connectivity index (χ2v) is 6.69. The summed E-state index contributed by atoms with van der Waals surface area (Å²) >= 11 is 0. The minimum Gasteiger partial charge on any atom is -0.469 e. The summed E-state index contributed by atoms with van der Waals surface area (Å²) in [4.78, 5) is 27.0. The molecule has 0 bridgehead atoms. The predicted molar refractivity (Wildman–Crippen MR) is 73.2 cm³/mol. The van der Waals surface area contributed by atoms with Gasteiger partial charge >= 0.3 is 12.1 Å². The van der Waals surface area contributed by atoms with Crippen molar-refractivity contribution >= 4 is 12.1 Å². The van der Waals surface area contributed by atoms with E-state index in [1.54, 1.807) is 4.90 Å². The number of ether oxygens (including phenoxy) is 2. The van der Waals surface area contributed by atoms with Gasteiger partial charge in [0.05, 0.1) is 13.0 Å². The maximum Gasteiger partial charge on any atom is 0.410 e. The van der Waals surface area contributed by atoms with Crippen LogP contribution in [0.4, 0.5) is 4.79 Å². The lowest BCUT2D eigenvalue weighted by molar-refractivity contribution is -0.151. The lowest BCUT2D eigenvalue weighted by atomic mass is 9.94. The molecule has 2 rings (SSSR count). The van der Waals surface area contributed by atoms with E-state index in [0.29, 0.717) is 5.92 Å². The number of amides is 1. The van der Waals surface area contributed by atoms with E-state index < -0.39 is 5.60 Å². The molecule has 0 aliphatic carbocycles. The van der Waals surface area contributed by atoms with Crippen LogP contribution in [0.2, 0.25) is 0 Å². The Morgan fingerprint density at radius 2 is 1.75 bits per heavy atom. The first-order valence-electron chi connectivity index (χ1n) is 7.06. The first-order valence-corrected chi connectivity index (χ1v) is 7.06. The van der Waals surface area contributed by atoms with E-state index in [9.17, 15) is 9.59 Å². The van der Waals surface area contributed by atoms with Crippen LogP contribution in [0.5, 0.6) is 0 Å². The Morgan fingerprint density at radius 1 is 1.15 bits per heavy atom. The molecule has 0 saturated carbocycles. The van der Waals surface area contributed by atoms with E-state index in [1.807, 2.05) is 20.8 Å². The maximum absolute atomic E-state index is 11.8. The first-order chi connectivity index (χ1) is 9.28. The van der Waals surface area contributed by atoms with Crippen LogP contribution in [-0.2, 0) is 14.3 Å². The summed E-state index contributed by atoms with van der Waals surface area (Å²) in [5, 5.41) is 0. The molecule has 2 fully saturated rings. The molecule has 2 saturated heterocycles. The van der Waals surface area contributed by atoms with Crippen LogP contribution in [0, 0.1) is 11.8 Å². The van der Waals surface area contributed by atoms with Gasteiger partial charge in [-0.05, 0) is 20.8 Å². The van der Waals surface area contributed by atoms with Crippen molar-refractivity contribution in [2.24, 2.45) is 11.8 Å². The number of carbonyl (C=O) groups excluding carboxylic acids is 2. The smallest absolute Gasteiger partial charge is 0.410 e. The highest BCUT2D eigenvalue weighted by Gasteiger charge is 2.39. The molecule has 0 aromatic carbocycles. The number of hydrogen-bond donors (Lipinski definition) is 0. The third kappa shape index (κ3) is 3.62. The number of likely N-dealkylation sites (tertiary alicyclic amines) is 2. The van der Waals surface area contributed by atoms with Crippen molar-refractivity contribution < 1.29 is 19.1 Å². The van der Waals surface area contributed by atoms with Crippen molar-refractivity contribution in [1.29, 1.82) is 0 Å².